The minimum atomic E-state index is -0.168. The van der Waals surface area contributed by atoms with Crippen molar-refractivity contribution in [3.63, 3.8) is 0 Å². The van der Waals surface area contributed by atoms with Crippen LogP contribution in [0.25, 0.3) is 10.9 Å². The molecule has 0 spiro atoms. The zero-order valence-electron chi connectivity index (χ0n) is 14.7. The summed E-state index contributed by atoms with van der Waals surface area (Å²) < 4.78 is 10.6. The van der Waals surface area contributed by atoms with Crippen LogP contribution >= 0.6 is 0 Å². The highest BCUT2D eigenvalue weighted by Gasteiger charge is 2.18. The van der Waals surface area contributed by atoms with Gasteiger partial charge in [0.2, 0.25) is 0 Å². The van der Waals surface area contributed by atoms with Crippen LogP contribution in [0.5, 0.6) is 5.75 Å². The molecule has 0 unspecified atom stereocenters. The number of aryl methyl sites for hydroxylation is 1. The van der Waals surface area contributed by atoms with Crippen LogP contribution in [-0.4, -0.2) is 35.1 Å². The predicted octanol–water partition coefficient (Wildman–Crippen LogP) is 3.46. The predicted molar refractivity (Wildman–Crippen MR) is 94.6 cm³/mol. The Kier molecular flexibility index (Phi) is 4.97. The molecule has 0 fully saturated rings. The van der Waals surface area contributed by atoms with Crippen LogP contribution in [0.3, 0.4) is 0 Å². The van der Waals surface area contributed by atoms with Gasteiger partial charge < -0.3 is 14.2 Å². The number of carbonyl (C=O) groups excluding carboxylic acids is 1. The van der Waals surface area contributed by atoms with Gasteiger partial charge in [0, 0.05) is 37.7 Å². The van der Waals surface area contributed by atoms with E-state index in [2.05, 4.69) is 17.1 Å². The molecule has 0 saturated carbocycles. The average Bonchev–Trinajstić information content (AvgIpc) is 3.10. The molecule has 2 aromatic heterocycles. The average molecular weight is 339 g/mol. The van der Waals surface area contributed by atoms with Gasteiger partial charge in [-0.3, -0.25) is 9.78 Å². The van der Waals surface area contributed by atoms with E-state index in [9.17, 15) is 4.79 Å². The first-order valence-electron chi connectivity index (χ1n) is 8.25. The number of hydrogen-bond acceptors (Lipinski definition) is 5. The van der Waals surface area contributed by atoms with Gasteiger partial charge in [-0.2, -0.15) is 0 Å². The SMILES string of the molecule is CCCc1cc(C(=O)N(C)Cc2ccc(OC)c3ncccc23)no1. The van der Waals surface area contributed by atoms with Crippen molar-refractivity contribution >= 4 is 16.8 Å². The van der Waals surface area contributed by atoms with Gasteiger partial charge in [-0.05, 0) is 24.1 Å². The number of benzene rings is 1. The van der Waals surface area contributed by atoms with Crippen molar-refractivity contribution in [3.05, 3.63) is 53.5 Å². The van der Waals surface area contributed by atoms with Crippen LogP contribution in [-0.2, 0) is 13.0 Å². The molecule has 6 heteroatoms. The Morgan fingerprint density at radius 1 is 1.32 bits per heavy atom. The van der Waals surface area contributed by atoms with E-state index in [-0.39, 0.29) is 5.91 Å². The number of pyridine rings is 1. The molecule has 6 nitrogen and oxygen atoms in total. The zero-order valence-corrected chi connectivity index (χ0v) is 14.7. The maximum atomic E-state index is 12.6. The van der Waals surface area contributed by atoms with Crippen molar-refractivity contribution in [1.29, 1.82) is 0 Å². The summed E-state index contributed by atoms with van der Waals surface area (Å²) in [7, 11) is 3.38. The van der Waals surface area contributed by atoms with E-state index in [0.29, 0.717) is 18.0 Å². The summed E-state index contributed by atoms with van der Waals surface area (Å²) in [6.07, 6.45) is 3.45. The highest BCUT2D eigenvalue weighted by molar-refractivity contribution is 5.93. The summed E-state index contributed by atoms with van der Waals surface area (Å²) in [6, 6.07) is 9.40. The summed E-state index contributed by atoms with van der Waals surface area (Å²) in [6.45, 7) is 2.50. The molecule has 0 N–H and O–H groups in total. The molecule has 3 aromatic rings. The second-order valence-electron chi connectivity index (χ2n) is 5.92. The van der Waals surface area contributed by atoms with Crippen LogP contribution in [0.1, 0.15) is 35.2 Å². The lowest BCUT2D eigenvalue weighted by molar-refractivity contribution is 0.0775. The monoisotopic (exact) mass is 339 g/mol. The number of rotatable bonds is 6. The highest BCUT2D eigenvalue weighted by Crippen LogP contribution is 2.27. The first-order valence-corrected chi connectivity index (χ1v) is 8.25. The third-order valence-corrected chi connectivity index (χ3v) is 4.07. The normalized spacial score (nSPS) is 10.8. The van der Waals surface area contributed by atoms with Crippen molar-refractivity contribution in [3.8, 4) is 5.75 Å². The molecular weight excluding hydrogens is 318 g/mol. The summed E-state index contributed by atoms with van der Waals surface area (Å²) in [4.78, 5) is 18.6. The molecular formula is C19H21N3O3. The molecule has 0 saturated heterocycles. The van der Waals surface area contributed by atoms with E-state index in [1.54, 1.807) is 31.3 Å². The second kappa shape index (κ2) is 7.34. The molecule has 0 atom stereocenters. The Hall–Kier alpha value is -2.89. The molecule has 130 valence electrons. The Labute approximate surface area is 146 Å². The van der Waals surface area contributed by atoms with Gasteiger partial charge in [0.05, 0.1) is 7.11 Å². The van der Waals surface area contributed by atoms with Gasteiger partial charge in [-0.15, -0.1) is 0 Å². The summed E-state index contributed by atoms with van der Waals surface area (Å²) >= 11 is 0. The fourth-order valence-electron chi connectivity index (χ4n) is 2.81. The number of carbonyl (C=O) groups is 1. The zero-order chi connectivity index (χ0) is 17.8. The maximum absolute atomic E-state index is 12.6. The van der Waals surface area contributed by atoms with Gasteiger partial charge >= 0.3 is 0 Å². The quantitative estimate of drug-likeness (QED) is 0.688. The Morgan fingerprint density at radius 3 is 2.92 bits per heavy atom. The van der Waals surface area contributed by atoms with Crippen LogP contribution in [0.4, 0.5) is 0 Å². The first-order chi connectivity index (χ1) is 12.1. The molecule has 0 bridgehead atoms. The van der Waals surface area contributed by atoms with Gasteiger partial charge in [-0.1, -0.05) is 24.2 Å². The van der Waals surface area contributed by atoms with Gasteiger partial charge in [-0.25, -0.2) is 0 Å². The smallest absolute Gasteiger partial charge is 0.276 e. The van der Waals surface area contributed by atoms with Gasteiger partial charge in [0.25, 0.3) is 5.91 Å². The van der Waals surface area contributed by atoms with Crippen molar-refractivity contribution in [2.24, 2.45) is 0 Å². The number of aromatic nitrogens is 2. The molecule has 25 heavy (non-hydrogen) atoms. The third kappa shape index (κ3) is 3.47. The summed E-state index contributed by atoms with van der Waals surface area (Å²) in [5, 5.41) is 4.85. The molecule has 0 aliphatic carbocycles. The second-order valence-corrected chi connectivity index (χ2v) is 5.92. The molecule has 0 aliphatic rings. The van der Waals surface area contributed by atoms with E-state index in [0.717, 1.165) is 35.1 Å². The molecule has 0 aliphatic heterocycles. The molecule has 3 rings (SSSR count). The van der Waals surface area contributed by atoms with Crippen molar-refractivity contribution in [2.75, 3.05) is 14.2 Å². The number of amides is 1. The van der Waals surface area contributed by atoms with E-state index in [4.69, 9.17) is 9.26 Å². The number of fused-ring (bicyclic) bond motifs is 1. The van der Waals surface area contributed by atoms with Crippen molar-refractivity contribution in [1.82, 2.24) is 15.0 Å². The lowest BCUT2D eigenvalue weighted by atomic mass is 10.1. The van der Waals surface area contributed by atoms with E-state index < -0.39 is 0 Å². The molecule has 0 radical (unpaired) electrons. The van der Waals surface area contributed by atoms with Crippen LogP contribution in [0, 0.1) is 0 Å². The van der Waals surface area contributed by atoms with Crippen molar-refractivity contribution < 1.29 is 14.1 Å². The first kappa shape index (κ1) is 17.0. The molecule has 1 aromatic carbocycles. The minimum Gasteiger partial charge on any atom is -0.494 e. The van der Waals surface area contributed by atoms with Crippen molar-refractivity contribution in [2.45, 2.75) is 26.3 Å². The fraction of sp³-hybridized carbons (Fsp3) is 0.316. The topological polar surface area (TPSA) is 68.5 Å². The lowest BCUT2D eigenvalue weighted by Gasteiger charge is -2.17. The highest BCUT2D eigenvalue weighted by atomic mass is 16.5. The van der Waals surface area contributed by atoms with E-state index in [1.165, 1.54) is 0 Å². The number of nitrogens with zero attached hydrogens (tertiary/aromatic N) is 3. The largest absolute Gasteiger partial charge is 0.494 e. The Balaban J connectivity index is 1.84. The Morgan fingerprint density at radius 2 is 2.16 bits per heavy atom. The van der Waals surface area contributed by atoms with Gasteiger partial charge in [0.15, 0.2) is 5.69 Å². The Bertz CT molecular complexity index is 889. The summed E-state index contributed by atoms with van der Waals surface area (Å²) in [5.74, 6) is 1.28. The lowest BCUT2D eigenvalue weighted by Crippen LogP contribution is -2.26. The van der Waals surface area contributed by atoms with Crippen LogP contribution in [0.2, 0.25) is 0 Å². The number of hydrogen-bond donors (Lipinski definition) is 0. The molecule has 2 heterocycles. The molecule has 1 amide bonds. The van der Waals surface area contributed by atoms with E-state index in [1.807, 2.05) is 24.3 Å². The maximum Gasteiger partial charge on any atom is 0.276 e. The van der Waals surface area contributed by atoms with Crippen LogP contribution in [0.15, 0.2) is 41.1 Å². The van der Waals surface area contributed by atoms with Crippen LogP contribution < -0.4 is 4.74 Å². The van der Waals surface area contributed by atoms with Gasteiger partial charge in [0.1, 0.15) is 17.0 Å². The standard InChI is InChI=1S/C19H21N3O3/c1-4-6-14-11-16(21-25-14)19(23)22(2)12-13-8-9-17(24-3)18-15(13)7-5-10-20-18/h5,7-11H,4,6,12H2,1-3H3. The minimum absolute atomic E-state index is 0.168. The number of methoxy groups -OCH3 is 1. The number of ether oxygens (including phenoxy) is 1. The fourth-order valence-corrected chi connectivity index (χ4v) is 2.81. The van der Waals surface area contributed by atoms with E-state index >= 15 is 0 Å². The third-order valence-electron chi connectivity index (χ3n) is 4.07. The summed E-state index contributed by atoms with van der Waals surface area (Å²) in [5.41, 5.74) is 2.12.